The molecule has 29 heavy (non-hydrogen) atoms. The third-order valence-corrected chi connectivity index (χ3v) is 6.05. The van der Waals surface area contributed by atoms with E-state index in [1.54, 1.807) is 29.2 Å². The van der Waals surface area contributed by atoms with Gasteiger partial charge in [0.2, 0.25) is 5.91 Å². The van der Waals surface area contributed by atoms with Gasteiger partial charge < -0.3 is 15.5 Å². The molecule has 3 heterocycles. The van der Waals surface area contributed by atoms with Crippen LogP contribution in [0.25, 0.3) is 0 Å². The van der Waals surface area contributed by atoms with Crippen LogP contribution < -0.4 is 10.6 Å². The standard InChI is InChI=1S/C19H24N5O4S/c1-29(27,28)21-18(22-10-2-3-11-22)13-6-8-14(9-7-13)24-16(17(20)25)15-5-4-12-23(15)19(24)26/h5-9,15-16H,2-4,10-12H2,1H3,(H2,20,25)/t15-,16?/m1/s1. The van der Waals surface area contributed by atoms with Crippen molar-refractivity contribution >= 4 is 33.5 Å². The molecule has 3 aliphatic rings. The van der Waals surface area contributed by atoms with E-state index >= 15 is 0 Å². The Kier molecular flexibility index (Phi) is 4.97. The molecule has 2 N–H and O–H groups in total. The first kappa shape index (κ1) is 19.7. The summed E-state index contributed by atoms with van der Waals surface area (Å²) in [7, 11) is -3.56. The van der Waals surface area contributed by atoms with Crippen molar-refractivity contribution in [2.45, 2.75) is 31.3 Å². The Hall–Kier alpha value is -2.62. The molecule has 3 amide bonds. The minimum absolute atomic E-state index is 0.245. The van der Waals surface area contributed by atoms with Gasteiger partial charge in [0.15, 0.2) is 0 Å². The van der Waals surface area contributed by atoms with E-state index in [0.29, 0.717) is 23.6 Å². The number of sulfonamides is 1. The molecule has 9 nitrogen and oxygen atoms in total. The predicted octanol–water partition coefficient (Wildman–Crippen LogP) is 0.561. The highest BCUT2D eigenvalue weighted by Crippen LogP contribution is 2.34. The Bertz CT molecular complexity index is 953. The summed E-state index contributed by atoms with van der Waals surface area (Å²) in [5, 5.41) is 0. The number of hydrogen-bond acceptors (Lipinski definition) is 4. The van der Waals surface area contributed by atoms with Gasteiger partial charge in [-0.05, 0) is 49.9 Å². The average molecular weight is 418 g/mol. The maximum absolute atomic E-state index is 12.8. The van der Waals surface area contributed by atoms with Crippen LogP contribution in [0.3, 0.4) is 0 Å². The molecule has 155 valence electrons. The molecule has 1 radical (unpaired) electrons. The number of nitrogens with zero attached hydrogens (tertiary/aromatic N) is 4. The summed E-state index contributed by atoms with van der Waals surface area (Å²) < 4.78 is 27.5. The van der Waals surface area contributed by atoms with Gasteiger partial charge in [0.05, 0.1) is 12.3 Å². The number of fused-ring (bicyclic) bond motifs is 1. The molecule has 1 unspecified atom stereocenters. The smallest absolute Gasteiger partial charge is 0.325 e. The number of urea groups is 1. The van der Waals surface area contributed by atoms with E-state index in [9.17, 15) is 18.0 Å². The summed E-state index contributed by atoms with van der Waals surface area (Å²) in [5.41, 5.74) is 6.80. The van der Waals surface area contributed by atoms with Crippen LogP contribution in [0.1, 0.15) is 24.8 Å². The van der Waals surface area contributed by atoms with Crippen molar-refractivity contribution in [1.29, 1.82) is 0 Å². The zero-order chi connectivity index (χ0) is 20.8. The second kappa shape index (κ2) is 7.33. The summed E-state index contributed by atoms with van der Waals surface area (Å²) in [6, 6.07) is 5.57. The molecule has 10 heteroatoms. The van der Waals surface area contributed by atoms with Crippen LogP contribution in [0.2, 0.25) is 0 Å². The number of amides is 3. The average Bonchev–Trinajstić information content (AvgIpc) is 3.38. The summed E-state index contributed by atoms with van der Waals surface area (Å²) in [6.45, 7) is 2.07. The maximum atomic E-state index is 12.8. The molecule has 1 aromatic carbocycles. The van der Waals surface area contributed by atoms with Crippen molar-refractivity contribution in [2.24, 2.45) is 10.1 Å². The molecule has 0 bridgehead atoms. The fraction of sp³-hybridized carbons (Fsp3) is 0.474. The van der Waals surface area contributed by atoms with E-state index in [0.717, 1.165) is 38.6 Å². The number of hydrogen-bond donors (Lipinski definition) is 1. The highest BCUT2D eigenvalue weighted by atomic mass is 32.2. The first-order valence-electron chi connectivity index (χ1n) is 9.64. The number of likely N-dealkylation sites (tertiary alicyclic amines) is 1. The van der Waals surface area contributed by atoms with Gasteiger partial charge in [-0.15, -0.1) is 4.40 Å². The summed E-state index contributed by atoms with van der Waals surface area (Å²) in [4.78, 5) is 29.9. The van der Waals surface area contributed by atoms with Gasteiger partial charge in [-0.3, -0.25) is 9.69 Å². The molecule has 0 spiro atoms. The van der Waals surface area contributed by atoms with E-state index in [1.807, 2.05) is 11.3 Å². The molecule has 3 fully saturated rings. The molecule has 1 aromatic rings. The molecule has 3 aliphatic heterocycles. The lowest BCUT2D eigenvalue weighted by Gasteiger charge is -2.24. The lowest BCUT2D eigenvalue weighted by atomic mass is 10.0. The van der Waals surface area contributed by atoms with Crippen LogP contribution in [-0.4, -0.2) is 74.0 Å². The number of primary amides is 1. The monoisotopic (exact) mass is 418 g/mol. The molecular weight excluding hydrogens is 394 g/mol. The fourth-order valence-corrected chi connectivity index (χ4v) is 4.85. The zero-order valence-electron chi connectivity index (χ0n) is 16.2. The quantitative estimate of drug-likeness (QED) is 0.567. The number of nitrogens with two attached hydrogens (primary N) is 1. The van der Waals surface area contributed by atoms with Crippen molar-refractivity contribution in [3.8, 4) is 0 Å². The number of carbonyl (C=O) groups is 2. The minimum atomic E-state index is -3.56. The Morgan fingerprint density at radius 3 is 2.38 bits per heavy atom. The van der Waals surface area contributed by atoms with Crippen molar-refractivity contribution in [1.82, 2.24) is 9.80 Å². The third kappa shape index (κ3) is 3.68. The van der Waals surface area contributed by atoms with Crippen LogP contribution in [0.15, 0.2) is 28.7 Å². The van der Waals surface area contributed by atoms with Crippen molar-refractivity contribution < 1.29 is 18.0 Å². The van der Waals surface area contributed by atoms with Crippen LogP contribution in [0, 0.1) is 6.42 Å². The Balaban J connectivity index is 1.67. The van der Waals surface area contributed by atoms with Gasteiger partial charge in [-0.2, -0.15) is 0 Å². The molecule has 4 rings (SSSR count). The van der Waals surface area contributed by atoms with Gasteiger partial charge in [0.25, 0.3) is 10.0 Å². The highest BCUT2D eigenvalue weighted by molar-refractivity contribution is 7.89. The molecule has 0 aliphatic carbocycles. The first-order valence-corrected chi connectivity index (χ1v) is 11.5. The topological polar surface area (TPSA) is 116 Å². The van der Waals surface area contributed by atoms with Crippen LogP contribution in [0.5, 0.6) is 0 Å². The van der Waals surface area contributed by atoms with Gasteiger partial charge in [-0.25, -0.2) is 13.2 Å². The fourth-order valence-electron chi connectivity index (χ4n) is 4.31. The highest BCUT2D eigenvalue weighted by Gasteiger charge is 2.51. The Morgan fingerprint density at radius 1 is 1.14 bits per heavy atom. The molecule has 3 saturated heterocycles. The predicted molar refractivity (Wildman–Crippen MR) is 109 cm³/mol. The molecule has 2 atom stereocenters. The third-order valence-electron chi connectivity index (χ3n) is 5.54. The number of anilines is 1. The van der Waals surface area contributed by atoms with E-state index in [2.05, 4.69) is 4.40 Å². The van der Waals surface area contributed by atoms with Crippen LogP contribution in [-0.2, 0) is 14.8 Å². The van der Waals surface area contributed by atoms with Crippen molar-refractivity contribution in [3.63, 3.8) is 0 Å². The summed E-state index contributed by atoms with van der Waals surface area (Å²) in [5.74, 6) is -0.144. The van der Waals surface area contributed by atoms with Gasteiger partial charge in [0, 0.05) is 30.9 Å². The maximum Gasteiger partial charge on any atom is 0.325 e. The Morgan fingerprint density at radius 2 is 1.79 bits per heavy atom. The van der Waals surface area contributed by atoms with E-state index in [1.165, 1.54) is 4.90 Å². The van der Waals surface area contributed by atoms with E-state index in [4.69, 9.17) is 5.73 Å². The first-order chi connectivity index (χ1) is 13.8. The molecular formula is C19H24N5O4S. The summed E-state index contributed by atoms with van der Waals surface area (Å²) in [6.07, 6.45) is 5.73. The largest absolute Gasteiger partial charge is 0.368 e. The minimum Gasteiger partial charge on any atom is -0.368 e. The molecule has 0 saturated carbocycles. The number of carbonyl (C=O) groups excluding carboxylic acids is 2. The lowest BCUT2D eigenvalue weighted by Crippen LogP contribution is -2.46. The van der Waals surface area contributed by atoms with Gasteiger partial charge >= 0.3 is 6.03 Å². The normalized spacial score (nSPS) is 25.1. The second-order valence-electron chi connectivity index (χ2n) is 7.60. The number of amidine groups is 1. The summed E-state index contributed by atoms with van der Waals surface area (Å²) >= 11 is 0. The zero-order valence-corrected chi connectivity index (χ0v) is 17.0. The van der Waals surface area contributed by atoms with Crippen molar-refractivity contribution in [3.05, 3.63) is 36.2 Å². The SMILES string of the molecule is CS(=O)(=O)N=C(c1ccc(N2C(=O)N3CC[CH][C@@H]3C2C(N)=O)cc1)N1CCCC1. The van der Waals surface area contributed by atoms with Gasteiger partial charge in [0.1, 0.15) is 11.9 Å². The Labute approximate surface area is 170 Å². The number of benzene rings is 1. The van der Waals surface area contributed by atoms with Crippen LogP contribution in [0.4, 0.5) is 10.5 Å². The molecule has 0 aromatic heterocycles. The van der Waals surface area contributed by atoms with Crippen LogP contribution >= 0.6 is 0 Å². The number of rotatable bonds is 4. The van der Waals surface area contributed by atoms with E-state index < -0.39 is 22.0 Å². The lowest BCUT2D eigenvalue weighted by molar-refractivity contribution is -0.119. The van der Waals surface area contributed by atoms with Gasteiger partial charge in [-0.1, -0.05) is 0 Å². The second-order valence-corrected chi connectivity index (χ2v) is 9.25. The van der Waals surface area contributed by atoms with E-state index in [-0.39, 0.29) is 12.1 Å². The van der Waals surface area contributed by atoms with Crippen molar-refractivity contribution in [2.75, 3.05) is 30.8 Å².